The van der Waals surface area contributed by atoms with Gasteiger partial charge in [-0.2, -0.15) is 13.2 Å². The largest absolute Gasteiger partial charge is 0.406 e. The molecule has 0 saturated heterocycles. The van der Waals surface area contributed by atoms with Gasteiger partial charge in [0.1, 0.15) is 6.54 Å². The van der Waals surface area contributed by atoms with E-state index in [4.69, 9.17) is 5.84 Å². The first kappa shape index (κ1) is 15.0. The summed E-state index contributed by atoms with van der Waals surface area (Å²) < 4.78 is 36.8. The molecule has 96 valence electrons. The highest BCUT2D eigenvalue weighted by atomic mass is 19.4. The molecule has 0 bridgehead atoms. The molecule has 0 heterocycles. The van der Waals surface area contributed by atoms with Crippen LogP contribution in [0.3, 0.4) is 0 Å². The van der Waals surface area contributed by atoms with E-state index in [1.54, 1.807) is 6.92 Å². The highest BCUT2D eigenvalue weighted by Crippen LogP contribution is 2.16. The predicted molar refractivity (Wildman–Crippen MR) is 57.8 cm³/mol. The maximum atomic E-state index is 12.3. The summed E-state index contributed by atoms with van der Waals surface area (Å²) in [7, 11) is 0. The fourth-order valence-electron chi connectivity index (χ4n) is 1.20. The van der Waals surface area contributed by atoms with Gasteiger partial charge in [-0.05, 0) is 12.8 Å². The first-order valence-corrected chi connectivity index (χ1v) is 5.27. The van der Waals surface area contributed by atoms with Crippen molar-refractivity contribution in [1.29, 1.82) is 0 Å². The van der Waals surface area contributed by atoms with Gasteiger partial charge in [-0.25, -0.2) is 5.84 Å². The van der Waals surface area contributed by atoms with Gasteiger partial charge in [0, 0.05) is 13.1 Å². The number of halogens is 3. The zero-order valence-corrected chi connectivity index (χ0v) is 9.64. The Morgan fingerprint density at radius 1 is 1.31 bits per heavy atom. The zero-order valence-electron chi connectivity index (χ0n) is 9.64. The number of guanidine groups is 1. The molecule has 3 N–H and O–H groups in total. The van der Waals surface area contributed by atoms with Crippen LogP contribution in [0.5, 0.6) is 0 Å². The molecular formula is C9H19F3N4. The van der Waals surface area contributed by atoms with Gasteiger partial charge in [0.15, 0.2) is 0 Å². The van der Waals surface area contributed by atoms with Gasteiger partial charge < -0.3 is 4.90 Å². The van der Waals surface area contributed by atoms with E-state index in [9.17, 15) is 13.2 Å². The number of alkyl halides is 3. The van der Waals surface area contributed by atoms with Crippen molar-refractivity contribution in [1.82, 2.24) is 10.3 Å². The molecule has 0 unspecified atom stereocenters. The number of nitrogens with one attached hydrogen (secondary N) is 1. The Kier molecular flexibility index (Phi) is 6.87. The first-order valence-electron chi connectivity index (χ1n) is 5.27. The number of nitrogens with zero attached hydrogens (tertiary/aromatic N) is 2. The Morgan fingerprint density at radius 3 is 2.31 bits per heavy atom. The van der Waals surface area contributed by atoms with Crippen LogP contribution in [0.15, 0.2) is 4.99 Å². The minimum atomic E-state index is -4.25. The Hall–Kier alpha value is -0.980. The van der Waals surface area contributed by atoms with E-state index in [1.165, 1.54) is 0 Å². The van der Waals surface area contributed by atoms with Crippen molar-refractivity contribution >= 4 is 5.96 Å². The van der Waals surface area contributed by atoms with Crippen LogP contribution < -0.4 is 11.3 Å². The van der Waals surface area contributed by atoms with E-state index < -0.39 is 12.7 Å². The van der Waals surface area contributed by atoms with Crippen molar-refractivity contribution in [3.63, 3.8) is 0 Å². The molecule has 4 nitrogen and oxygen atoms in total. The number of nitrogens with two attached hydrogens (primary N) is 1. The minimum absolute atomic E-state index is 0.0982. The van der Waals surface area contributed by atoms with Crippen molar-refractivity contribution in [2.45, 2.75) is 32.9 Å². The maximum Gasteiger partial charge on any atom is 0.406 e. The third-order valence-electron chi connectivity index (χ3n) is 1.78. The van der Waals surface area contributed by atoms with Crippen molar-refractivity contribution in [3.05, 3.63) is 0 Å². The summed E-state index contributed by atoms with van der Waals surface area (Å²) in [5.41, 5.74) is 2.22. The first-order chi connectivity index (χ1) is 7.44. The monoisotopic (exact) mass is 240 g/mol. The van der Waals surface area contributed by atoms with Crippen LogP contribution in [0.1, 0.15) is 26.7 Å². The molecule has 0 aromatic carbocycles. The Morgan fingerprint density at radius 2 is 1.94 bits per heavy atom. The molecule has 0 radical (unpaired) electrons. The van der Waals surface area contributed by atoms with Crippen molar-refractivity contribution < 1.29 is 13.2 Å². The molecule has 0 aromatic rings. The second kappa shape index (κ2) is 7.32. The number of hydrazine groups is 1. The van der Waals surface area contributed by atoms with Crippen LogP contribution in [-0.2, 0) is 0 Å². The quantitative estimate of drug-likeness (QED) is 0.331. The van der Waals surface area contributed by atoms with E-state index >= 15 is 0 Å². The van der Waals surface area contributed by atoms with E-state index in [0.29, 0.717) is 13.0 Å². The molecule has 0 saturated carbocycles. The van der Waals surface area contributed by atoms with Crippen LogP contribution in [0.25, 0.3) is 0 Å². The standard InChI is InChI=1S/C9H19F3N4/c1-3-5-14-8(15-13)16(6-4-2)7-9(10,11)12/h3-7,13H2,1-2H3,(H,14,15). The maximum absolute atomic E-state index is 12.3. The lowest BCUT2D eigenvalue weighted by atomic mass is 10.4. The van der Waals surface area contributed by atoms with Gasteiger partial charge in [0.25, 0.3) is 0 Å². The SMILES string of the molecule is CCCN=C(NN)N(CCC)CC(F)(F)F. The van der Waals surface area contributed by atoms with Gasteiger partial charge in [0.05, 0.1) is 0 Å². The second-order valence-corrected chi connectivity index (χ2v) is 3.39. The molecule has 0 aliphatic carbocycles. The lowest BCUT2D eigenvalue weighted by Crippen LogP contribution is -2.48. The Balaban J connectivity index is 4.58. The van der Waals surface area contributed by atoms with Gasteiger partial charge in [-0.3, -0.25) is 10.4 Å². The zero-order chi connectivity index (χ0) is 12.6. The lowest BCUT2D eigenvalue weighted by Gasteiger charge is -2.26. The number of hydrogen-bond donors (Lipinski definition) is 2. The molecule has 0 aromatic heterocycles. The summed E-state index contributed by atoms with van der Waals surface area (Å²) in [6.45, 7) is 3.39. The van der Waals surface area contributed by atoms with Crippen LogP contribution in [-0.4, -0.2) is 36.7 Å². The van der Waals surface area contributed by atoms with E-state index in [2.05, 4.69) is 10.4 Å². The molecule has 0 atom stereocenters. The summed E-state index contributed by atoms with van der Waals surface area (Å²) in [4.78, 5) is 5.08. The molecule has 7 heteroatoms. The summed E-state index contributed by atoms with van der Waals surface area (Å²) in [6.07, 6.45) is -2.89. The third-order valence-corrected chi connectivity index (χ3v) is 1.78. The third kappa shape index (κ3) is 6.49. The van der Waals surface area contributed by atoms with Crippen LogP contribution in [0.2, 0.25) is 0 Å². The summed E-state index contributed by atoms with van der Waals surface area (Å²) >= 11 is 0. The van der Waals surface area contributed by atoms with Gasteiger partial charge in [-0.15, -0.1) is 0 Å². The van der Waals surface area contributed by atoms with Crippen molar-refractivity contribution in [3.8, 4) is 0 Å². The summed E-state index contributed by atoms with van der Waals surface area (Å²) in [5, 5.41) is 0. The normalized spacial score (nSPS) is 12.8. The predicted octanol–water partition coefficient (Wildman–Crippen LogP) is 1.49. The molecule has 16 heavy (non-hydrogen) atoms. The molecule has 0 aliphatic heterocycles. The fourth-order valence-corrected chi connectivity index (χ4v) is 1.20. The summed E-state index contributed by atoms with van der Waals surface area (Å²) in [5.74, 6) is 5.27. The van der Waals surface area contributed by atoms with Gasteiger partial charge >= 0.3 is 6.18 Å². The molecular weight excluding hydrogens is 221 g/mol. The molecule has 0 rings (SSSR count). The highest BCUT2D eigenvalue weighted by molar-refractivity contribution is 5.79. The smallest absolute Gasteiger partial charge is 0.333 e. The van der Waals surface area contributed by atoms with Gasteiger partial charge in [-0.1, -0.05) is 13.8 Å². The molecule has 0 aliphatic rings. The average Bonchev–Trinajstić information content (AvgIpc) is 2.17. The number of hydrogen-bond acceptors (Lipinski definition) is 2. The van der Waals surface area contributed by atoms with E-state index in [-0.39, 0.29) is 12.5 Å². The summed E-state index contributed by atoms with van der Waals surface area (Å²) in [6, 6.07) is 0. The average molecular weight is 240 g/mol. The van der Waals surface area contributed by atoms with E-state index in [0.717, 1.165) is 11.3 Å². The highest BCUT2D eigenvalue weighted by Gasteiger charge is 2.31. The second-order valence-electron chi connectivity index (χ2n) is 3.39. The minimum Gasteiger partial charge on any atom is -0.333 e. The number of rotatable bonds is 5. The topological polar surface area (TPSA) is 53.6 Å². The Labute approximate surface area is 93.7 Å². The van der Waals surface area contributed by atoms with Crippen LogP contribution in [0.4, 0.5) is 13.2 Å². The fraction of sp³-hybridized carbons (Fsp3) is 0.889. The van der Waals surface area contributed by atoms with E-state index in [1.807, 2.05) is 6.92 Å². The van der Waals surface area contributed by atoms with Crippen molar-refractivity contribution in [2.75, 3.05) is 19.6 Å². The Bertz CT molecular complexity index is 215. The van der Waals surface area contributed by atoms with Gasteiger partial charge in [0.2, 0.25) is 5.96 Å². The number of aliphatic imine (C=N–C) groups is 1. The van der Waals surface area contributed by atoms with Crippen molar-refractivity contribution in [2.24, 2.45) is 10.8 Å². The molecule has 0 fully saturated rings. The molecule has 0 amide bonds. The van der Waals surface area contributed by atoms with Crippen LogP contribution >= 0.6 is 0 Å². The lowest BCUT2D eigenvalue weighted by molar-refractivity contribution is -0.138. The molecule has 0 spiro atoms. The van der Waals surface area contributed by atoms with Crippen LogP contribution in [0, 0.1) is 0 Å².